The van der Waals surface area contributed by atoms with Gasteiger partial charge in [-0.05, 0) is 25.7 Å². The van der Waals surface area contributed by atoms with E-state index in [1.807, 2.05) is 0 Å². The SMILES string of the molecule is O=C1C=COC12CCCC2. The summed E-state index contributed by atoms with van der Waals surface area (Å²) in [7, 11) is 0. The van der Waals surface area contributed by atoms with Gasteiger partial charge in [0.2, 0.25) is 5.78 Å². The van der Waals surface area contributed by atoms with Gasteiger partial charge in [-0.2, -0.15) is 0 Å². The molecule has 1 spiro atoms. The molecule has 2 nitrogen and oxygen atoms in total. The minimum absolute atomic E-state index is 0.171. The van der Waals surface area contributed by atoms with Crippen LogP contribution in [-0.4, -0.2) is 11.4 Å². The highest BCUT2D eigenvalue weighted by molar-refractivity contribution is 5.98. The first-order valence-corrected chi connectivity index (χ1v) is 3.72. The first-order valence-electron chi connectivity index (χ1n) is 3.72. The molecule has 0 saturated heterocycles. The third-order valence-corrected chi connectivity index (χ3v) is 2.37. The van der Waals surface area contributed by atoms with Gasteiger partial charge in [0.25, 0.3) is 0 Å². The Morgan fingerprint density at radius 3 is 2.60 bits per heavy atom. The van der Waals surface area contributed by atoms with Crippen molar-refractivity contribution < 1.29 is 9.53 Å². The monoisotopic (exact) mass is 138 g/mol. The molecule has 0 bridgehead atoms. The fourth-order valence-electron chi connectivity index (χ4n) is 1.75. The highest BCUT2D eigenvalue weighted by atomic mass is 16.5. The molecule has 0 N–H and O–H groups in total. The summed E-state index contributed by atoms with van der Waals surface area (Å²) in [6.07, 6.45) is 7.18. The Hall–Kier alpha value is -0.790. The Labute approximate surface area is 59.9 Å². The standard InChI is InChI=1S/C8H10O2/c9-7-3-6-10-8(7)4-1-2-5-8/h3,6H,1-2,4-5H2. The van der Waals surface area contributed by atoms with Crippen molar-refractivity contribution >= 4 is 5.78 Å². The normalized spacial score (nSPS) is 27.8. The van der Waals surface area contributed by atoms with Gasteiger partial charge in [0.15, 0.2) is 5.60 Å². The van der Waals surface area contributed by atoms with Gasteiger partial charge in [-0.3, -0.25) is 4.79 Å². The number of hydrogen-bond acceptors (Lipinski definition) is 2. The molecule has 2 rings (SSSR count). The summed E-state index contributed by atoms with van der Waals surface area (Å²) in [5.41, 5.74) is -0.403. The van der Waals surface area contributed by atoms with Crippen LogP contribution in [0.5, 0.6) is 0 Å². The molecule has 1 fully saturated rings. The fraction of sp³-hybridized carbons (Fsp3) is 0.625. The van der Waals surface area contributed by atoms with E-state index in [0.29, 0.717) is 0 Å². The second-order valence-corrected chi connectivity index (χ2v) is 2.99. The molecule has 1 heterocycles. The van der Waals surface area contributed by atoms with Crippen molar-refractivity contribution in [2.75, 3.05) is 0 Å². The van der Waals surface area contributed by atoms with Crippen molar-refractivity contribution in [2.45, 2.75) is 31.3 Å². The third-order valence-electron chi connectivity index (χ3n) is 2.37. The maximum atomic E-state index is 11.2. The molecular formula is C8H10O2. The van der Waals surface area contributed by atoms with Crippen LogP contribution in [0, 0.1) is 0 Å². The molecule has 0 aromatic carbocycles. The molecule has 2 heteroatoms. The van der Waals surface area contributed by atoms with Crippen molar-refractivity contribution in [2.24, 2.45) is 0 Å². The Balaban J connectivity index is 2.23. The van der Waals surface area contributed by atoms with E-state index >= 15 is 0 Å². The van der Waals surface area contributed by atoms with Gasteiger partial charge in [-0.15, -0.1) is 0 Å². The second kappa shape index (κ2) is 1.84. The predicted octanol–water partition coefficient (Wildman–Crippen LogP) is 1.41. The van der Waals surface area contributed by atoms with Crippen LogP contribution < -0.4 is 0 Å². The van der Waals surface area contributed by atoms with E-state index in [4.69, 9.17) is 4.74 Å². The van der Waals surface area contributed by atoms with Crippen LogP contribution in [0.4, 0.5) is 0 Å². The Kier molecular flexibility index (Phi) is 1.10. The number of rotatable bonds is 0. The molecule has 54 valence electrons. The lowest BCUT2D eigenvalue weighted by atomic mass is 9.98. The van der Waals surface area contributed by atoms with Crippen LogP contribution in [0.3, 0.4) is 0 Å². The number of carbonyl (C=O) groups excluding carboxylic acids is 1. The van der Waals surface area contributed by atoms with E-state index in [1.54, 1.807) is 6.08 Å². The van der Waals surface area contributed by atoms with Gasteiger partial charge < -0.3 is 4.74 Å². The Morgan fingerprint density at radius 2 is 2.10 bits per heavy atom. The van der Waals surface area contributed by atoms with E-state index in [0.717, 1.165) is 25.7 Å². The Bertz CT molecular complexity index is 187. The number of ketones is 1. The van der Waals surface area contributed by atoms with Crippen molar-refractivity contribution in [3.8, 4) is 0 Å². The van der Waals surface area contributed by atoms with E-state index in [2.05, 4.69) is 0 Å². The Morgan fingerprint density at radius 1 is 1.40 bits per heavy atom. The molecule has 2 aliphatic rings. The highest BCUT2D eigenvalue weighted by Gasteiger charge is 2.43. The van der Waals surface area contributed by atoms with Gasteiger partial charge in [-0.1, -0.05) is 0 Å². The van der Waals surface area contributed by atoms with Crippen molar-refractivity contribution in [3.05, 3.63) is 12.3 Å². The molecule has 1 aliphatic carbocycles. The minimum Gasteiger partial charge on any atom is -0.487 e. The zero-order chi connectivity index (χ0) is 7.03. The highest BCUT2D eigenvalue weighted by Crippen LogP contribution is 2.37. The predicted molar refractivity (Wildman–Crippen MR) is 36.4 cm³/mol. The molecule has 0 radical (unpaired) electrons. The topological polar surface area (TPSA) is 26.3 Å². The van der Waals surface area contributed by atoms with Crippen LogP contribution in [0.15, 0.2) is 12.3 Å². The van der Waals surface area contributed by atoms with Crippen LogP contribution >= 0.6 is 0 Å². The first kappa shape index (κ1) is 5.96. The third kappa shape index (κ3) is 0.618. The van der Waals surface area contributed by atoms with E-state index in [1.165, 1.54) is 6.26 Å². The van der Waals surface area contributed by atoms with Gasteiger partial charge in [0.05, 0.1) is 6.26 Å². The van der Waals surface area contributed by atoms with Gasteiger partial charge >= 0.3 is 0 Å². The molecule has 0 amide bonds. The lowest BCUT2D eigenvalue weighted by molar-refractivity contribution is -0.128. The number of hydrogen-bond donors (Lipinski definition) is 0. The van der Waals surface area contributed by atoms with E-state index in [-0.39, 0.29) is 5.78 Å². The van der Waals surface area contributed by atoms with Crippen molar-refractivity contribution in [1.29, 1.82) is 0 Å². The summed E-state index contributed by atoms with van der Waals surface area (Å²) < 4.78 is 5.28. The molecule has 1 aliphatic heterocycles. The van der Waals surface area contributed by atoms with Crippen molar-refractivity contribution in [1.82, 2.24) is 0 Å². The maximum absolute atomic E-state index is 11.2. The largest absolute Gasteiger partial charge is 0.487 e. The summed E-state index contributed by atoms with van der Waals surface area (Å²) in [5.74, 6) is 0.171. The minimum atomic E-state index is -0.403. The van der Waals surface area contributed by atoms with E-state index in [9.17, 15) is 4.79 Å². The average molecular weight is 138 g/mol. The quantitative estimate of drug-likeness (QED) is 0.506. The number of ether oxygens (including phenoxy) is 1. The molecule has 0 aromatic heterocycles. The fourth-order valence-corrected chi connectivity index (χ4v) is 1.75. The number of carbonyl (C=O) groups is 1. The summed E-state index contributed by atoms with van der Waals surface area (Å²) >= 11 is 0. The average Bonchev–Trinajstić information content (AvgIpc) is 2.48. The summed E-state index contributed by atoms with van der Waals surface area (Å²) in [5, 5.41) is 0. The smallest absolute Gasteiger partial charge is 0.202 e. The molecule has 0 aromatic rings. The van der Waals surface area contributed by atoms with E-state index < -0.39 is 5.60 Å². The maximum Gasteiger partial charge on any atom is 0.202 e. The van der Waals surface area contributed by atoms with Gasteiger partial charge in [0, 0.05) is 6.08 Å². The molecule has 1 saturated carbocycles. The van der Waals surface area contributed by atoms with Crippen LogP contribution in [0.2, 0.25) is 0 Å². The molecule has 0 atom stereocenters. The van der Waals surface area contributed by atoms with Gasteiger partial charge in [0.1, 0.15) is 0 Å². The molecule has 0 unspecified atom stereocenters. The van der Waals surface area contributed by atoms with Crippen LogP contribution in [0.1, 0.15) is 25.7 Å². The lowest BCUT2D eigenvalue weighted by Crippen LogP contribution is -2.32. The summed E-state index contributed by atoms with van der Waals surface area (Å²) in [6.45, 7) is 0. The molecule has 10 heavy (non-hydrogen) atoms. The molecular weight excluding hydrogens is 128 g/mol. The van der Waals surface area contributed by atoms with Crippen molar-refractivity contribution in [3.63, 3.8) is 0 Å². The zero-order valence-electron chi connectivity index (χ0n) is 5.80. The first-order chi connectivity index (χ1) is 4.83. The van der Waals surface area contributed by atoms with Crippen LogP contribution in [-0.2, 0) is 9.53 Å². The van der Waals surface area contributed by atoms with Crippen LogP contribution in [0.25, 0.3) is 0 Å². The second-order valence-electron chi connectivity index (χ2n) is 2.99. The summed E-state index contributed by atoms with van der Waals surface area (Å²) in [6, 6.07) is 0. The lowest BCUT2D eigenvalue weighted by Gasteiger charge is -2.19. The summed E-state index contributed by atoms with van der Waals surface area (Å²) in [4.78, 5) is 11.2. The van der Waals surface area contributed by atoms with Gasteiger partial charge in [-0.25, -0.2) is 0 Å². The zero-order valence-corrected chi connectivity index (χ0v) is 5.80.